The number of sulfonamides is 1. The summed E-state index contributed by atoms with van der Waals surface area (Å²) in [5.74, 6) is 0.801. The first kappa shape index (κ1) is 22.2. The average molecular weight is 423 g/mol. The maximum absolute atomic E-state index is 12.7. The Morgan fingerprint density at radius 1 is 1.07 bits per heavy atom. The molecule has 1 heterocycles. The Hall–Kier alpha value is -1.44. The molecule has 1 saturated carbocycles. The number of benzene rings is 1. The first-order chi connectivity index (χ1) is 14.0. The first-order valence-corrected chi connectivity index (χ1v) is 12.5. The van der Waals surface area contributed by atoms with Gasteiger partial charge in [0.05, 0.1) is 19.0 Å². The second kappa shape index (κ2) is 11.1. The number of nitrogens with zero attached hydrogens (tertiary/aromatic N) is 1. The molecule has 1 amide bonds. The van der Waals surface area contributed by atoms with Gasteiger partial charge in [-0.15, -0.1) is 0 Å². The van der Waals surface area contributed by atoms with Gasteiger partial charge >= 0.3 is 0 Å². The third-order valence-electron chi connectivity index (χ3n) is 6.04. The zero-order chi connectivity index (χ0) is 20.5. The van der Waals surface area contributed by atoms with E-state index in [9.17, 15) is 13.2 Å². The summed E-state index contributed by atoms with van der Waals surface area (Å²) in [4.78, 5) is 12.3. The van der Waals surface area contributed by atoms with Gasteiger partial charge in [0.15, 0.2) is 0 Å². The van der Waals surface area contributed by atoms with Gasteiger partial charge in [-0.25, -0.2) is 8.42 Å². The highest BCUT2D eigenvalue weighted by molar-refractivity contribution is 7.88. The van der Waals surface area contributed by atoms with E-state index >= 15 is 0 Å². The predicted molar refractivity (Wildman–Crippen MR) is 114 cm³/mol. The molecule has 7 heteroatoms. The highest BCUT2D eigenvalue weighted by atomic mass is 32.2. The van der Waals surface area contributed by atoms with Crippen molar-refractivity contribution < 1.29 is 17.9 Å². The van der Waals surface area contributed by atoms with Gasteiger partial charge in [0.1, 0.15) is 0 Å². The standard InChI is InChI=1S/C22H34N2O4S/c25-22(12-6-9-19-7-2-1-3-8-19)23-17-20-10-4-5-11-21(20)18-29(26,27)24-13-15-28-16-14-24/h4-5,10-11,19H,1-3,6-9,12-18H2,(H,23,25). The number of carbonyl (C=O) groups excluding carboxylic acids is 1. The van der Waals surface area contributed by atoms with E-state index in [-0.39, 0.29) is 11.7 Å². The number of rotatable bonds is 9. The van der Waals surface area contributed by atoms with Gasteiger partial charge in [-0.2, -0.15) is 4.31 Å². The second-order valence-electron chi connectivity index (χ2n) is 8.21. The summed E-state index contributed by atoms with van der Waals surface area (Å²) < 4.78 is 32.2. The minimum atomic E-state index is -3.38. The topological polar surface area (TPSA) is 75.7 Å². The van der Waals surface area contributed by atoms with Crippen LogP contribution >= 0.6 is 0 Å². The molecule has 0 unspecified atom stereocenters. The van der Waals surface area contributed by atoms with Gasteiger partial charge in [-0.3, -0.25) is 4.79 Å². The van der Waals surface area contributed by atoms with Crippen LogP contribution in [-0.2, 0) is 31.9 Å². The van der Waals surface area contributed by atoms with Crippen LogP contribution in [0.15, 0.2) is 24.3 Å². The summed E-state index contributed by atoms with van der Waals surface area (Å²) in [6, 6.07) is 7.46. The molecule has 3 rings (SSSR count). The number of amides is 1. The van der Waals surface area contributed by atoms with Crippen LogP contribution in [0.1, 0.15) is 62.5 Å². The van der Waals surface area contributed by atoms with E-state index in [1.54, 1.807) is 0 Å². The third-order valence-corrected chi connectivity index (χ3v) is 7.86. The van der Waals surface area contributed by atoms with Gasteiger partial charge in [-0.05, 0) is 29.9 Å². The van der Waals surface area contributed by atoms with Crippen LogP contribution in [0.25, 0.3) is 0 Å². The van der Waals surface area contributed by atoms with Crippen LogP contribution in [0.2, 0.25) is 0 Å². The quantitative estimate of drug-likeness (QED) is 0.663. The molecule has 1 N–H and O–H groups in total. The fraction of sp³-hybridized carbons (Fsp3) is 0.682. The zero-order valence-corrected chi connectivity index (χ0v) is 18.1. The van der Waals surface area contributed by atoms with E-state index in [1.165, 1.54) is 36.4 Å². The number of ether oxygens (including phenoxy) is 1. The lowest BCUT2D eigenvalue weighted by atomic mass is 9.86. The van der Waals surface area contributed by atoms with E-state index in [0.29, 0.717) is 39.3 Å². The summed E-state index contributed by atoms with van der Waals surface area (Å²) in [5, 5.41) is 2.98. The van der Waals surface area contributed by atoms with E-state index in [4.69, 9.17) is 4.74 Å². The van der Waals surface area contributed by atoms with Crippen LogP contribution < -0.4 is 5.32 Å². The molecule has 2 aliphatic rings. The first-order valence-electron chi connectivity index (χ1n) is 10.9. The average Bonchev–Trinajstić information content (AvgIpc) is 2.74. The van der Waals surface area contributed by atoms with Gasteiger partial charge in [-0.1, -0.05) is 56.4 Å². The lowest BCUT2D eigenvalue weighted by molar-refractivity contribution is -0.121. The summed E-state index contributed by atoms with van der Waals surface area (Å²) in [6.07, 6.45) is 9.27. The Bertz CT molecular complexity index is 754. The normalized spacial score (nSPS) is 19.2. The molecule has 2 fully saturated rings. The number of hydrogen-bond donors (Lipinski definition) is 1. The lowest BCUT2D eigenvalue weighted by Crippen LogP contribution is -2.41. The second-order valence-corrected chi connectivity index (χ2v) is 10.2. The molecule has 162 valence electrons. The molecular formula is C22H34N2O4S. The van der Waals surface area contributed by atoms with E-state index in [0.717, 1.165) is 29.9 Å². The highest BCUT2D eigenvalue weighted by Gasteiger charge is 2.25. The van der Waals surface area contributed by atoms with E-state index in [1.807, 2.05) is 24.3 Å². The molecule has 1 saturated heterocycles. The summed E-state index contributed by atoms with van der Waals surface area (Å²) in [5.41, 5.74) is 1.62. The smallest absolute Gasteiger partial charge is 0.220 e. The lowest BCUT2D eigenvalue weighted by Gasteiger charge is -2.26. The van der Waals surface area contributed by atoms with Gasteiger partial charge in [0.25, 0.3) is 0 Å². The summed E-state index contributed by atoms with van der Waals surface area (Å²) in [6.45, 7) is 2.07. The highest BCUT2D eigenvalue weighted by Crippen LogP contribution is 2.27. The van der Waals surface area contributed by atoms with Gasteiger partial charge < -0.3 is 10.1 Å². The van der Waals surface area contributed by atoms with Crippen LogP contribution in [0.5, 0.6) is 0 Å². The Labute approximate surface area is 175 Å². The van der Waals surface area contributed by atoms with Crippen molar-refractivity contribution in [3.05, 3.63) is 35.4 Å². The minimum absolute atomic E-state index is 0.0409. The van der Waals surface area contributed by atoms with Crippen molar-refractivity contribution in [2.75, 3.05) is 26.3 Å². The fourth-order valence-electron chi connectivity index (χ4n) is 4.29. The molecule has 1 aromatic carbocycles. The van der Waals surface area contributed by atoms with Crippen LogP contribution in [-0.4, -0.2) is 44.9 Å². The van der Waals surface area contributed by atoms with Crippen molar-refractivity contribution in [3.63, 3.8) is 0 Å². The number of hydrogen-bond acceptors (Lipinski definition) is 4. The van der Waals surface area contributed by atoms with Crippen molar-refractivity contribution in [3.8, 4) is 0 Å². The molecule has 1 aromatic rings. The molecule has 0 bridgehead atoms. The zero-order valence-electron chi connectivity index (χ0n) is 17.3. The van der Waals surface area contributed by atoms with E-state index in [2.05, 4.69) is 5.32 Å². The van der Waals surface area contributed by atoms with Crippen molar-refractivity contribution in [2.45, 2.75) is 63.7 Å². The van der Waals surface area contributed by atoms with Gasteiger partial charge in [0.2, 0.25) is 15.9 Å². The molecular weight excluding hydrogens is 388 g/mol. The van der Waals surface area contributed by atoms with Gasteiger partial charge in [0, 0.05) is 26.1 Å². The van der Waals surface area contributed by atoms with Crippen molar-refractivity contribution >= 4 is 15.9 Å². The molecule has 1 aliphatic heterocycles. The molecule has 0 radical (unpaired) electrons. The molecule has 6 nitrogen and oxygen atoms in total. The molecule has 29 heavy (non-hydrogen) atoms. The predicted octanol–water partition coefficient (Wildman–Crippen LogP) is 3.22. The Morgan fingerprint density at radius 2 is 1.76 bits per heavy atom. The van der Waals surface area contributed by atoms with Crippen molar-refractivity contribution in [2.24, 2.45) is 5.92 Å². The van der Waals surface area contributed by atoms with Crippen LogP contribution in [0.3, 0.4) is 0 Å². The van der Waals surface area contributed by atoms with E-state index < -0.39 is 10.0 Å². The third kappa shape index (κ3) is 7.08. The number of nitrogens with one attached hydrogen (secondary N) is 1. The maximum Gasteiger partial charge on any atom is 0.220 e. The maximum atomic E-state index is 12.7. The SMILES string of the molecule is O=C(CCCC1CCCCC1)NCc1ccccc1CS(=O)(=O)N1CCOCC1. The Kier molecular flexibility index (Phi) is 8.51. The Balaban J connectivity index is 1.47. The van der Waals surface area contributed by atoms with Crippen molar-refractivity contribution in [1.82, 2.24) is 9.62 Å². The molecule has 1 aliphatic carbocycles. The number of carbonyl (C=O) groups is 1. The minimum Gasteiger partial charge on any atom is -0.379 e. The Morgan fingerprint density at radius 3 is 2.48 bits per heavy atom. The molecule has 0 aromatic heterocycles. The summed E-state index contributed by atoms with van der Waals surface area (Å²) >= 11 is 0. The summed E-state index contributed by atoms with van der Waals surface area (Å²) in [7, 11) is -3.38. The number of morpholine rings is 1. The van der Waals surface area contributed by atoms with Crippen molar-refractivity contribution in [1.29, 1.82) is 0 Å². The molecule has 0 spiro atoms. The largest absolute Gasteiger partial charge is 0.379 e. The monoisotopic (exact) mass is 422 g/mol. The van der Waals surface area contributed by atoms with Crippen LogP contribution in [0.4, 0.5) is 0 Å². The molecule has 0 atom stereocenters. The fourth-order valence-corrected chi connectivity index (χ4v) is 5.86. The van der Waals surface area contributed by atoms with Crippen LogP contribution in [0, 0.1) is 5.92 Å².